The van der Waals surface area contributed by atoms with Crippen LogP contribution in [0.15, 0.2) is 30.3 Å². The van der Waals surface area contributed by atoms with E-state index < -0.39 is 5.97 Å². The number of benzene rings is 1. The highest BCUT2D eigenvalue weighted by atomic mass is 16.4. The van der Waals surface area contributed by atoms with Crippen LogP contribution in [0.1, 0.15) is 56.9 Å². The van der Waals surface area contributed by atoms with Gasteiger partial charge in [0.15, 0.2) is 0 Å². The average Bonchev–Trinajstić information content (AvgIpc) is 2.57. The van der Waals surface area contributed by atoms with Crippen LogP contribution in [0, 0.1) is 0 Å². The first-order valence-electron chi connectivity index (χ1n) is 9.42. The van der Waals surface area contributed by atoms with Crippen molar-refractivity contribution in [3.05, 3.63) is 35.9 Å². The van der Waals surface area contributed by atoms with Crippen molar-refractivity contribution in [1.29, 1.82) is 0 Å². The summed E-state index contributed by atoms with van der Waals surface area (Å²) in [5.74, 6) is 0.0111. The van der Waals surface area contributed by atoms with Crippen molar-refractivity contribution >= 4 is 5.97 Å². The third kappa shape index (κ3) is 4.37. The molecular weight excluding hydrogens is 300 g/mol. The Morgan fingerprint density at radius 1 is 1.12 bits per heavy atom. The summed E-state index contributed by atoms with van der Waals surface area (Å²) < 4.78 is 0. The molecule has 24 heavy (non-hydrogen) atoms. The van der Waals surface area contributed by atoms with Crippen LogP contribution in [0.4, 0.5) is 0 Å². The normalized spacial score (nSPS) is 30.1. The van der Waals surface area contributed by atoms with Crippen molar-refractivity contribution in [1.82, 2.24) is 10.2 Å². The monoisotopic (exact) mass is 330 g/mol. The van der Waals surface area contributed by atoms with Gasteiger partial charge >= 0.3 is 5.97 Å². The van der Waals surface area contributed by atoms with Gasteiger partial charge in [-0.2, -0.15) is 0 Å². The topological polar surface area (TPSA) is 52.6 Å². The zero-order chi connectivity index (χ0) is 16.9. The van der Waals surface area contributed by atoms with Crippen LogP contribution < -0.4 is 5.32 Å². The molecule has 2 N–H and O–H groups in total. The Bertz CT molecular complexity index is 520. The minimum absolute atomic E-state index is 0.177. The number of rotatable bonds is 7. The number of hydrogen-bond donors (Lipinski definition) is 2. The lowest BCUT2D eigenvalue weighted by molar-refractivity contribution is -0.139. The summed E-state index contributed by atoms with van der Waals surface area (Å²) >= 11 is 0. The highest BCUT2D eigenvalue weighted by molar-refractivity contribution is 5.69. The van der Waals surface area contributed by atoms with E-state index in [0.717, 1.165) is 25.3 Å². The molecule has 2 aliphatic rings. The maximum absolute atomic E-state index is 10.9. The highest BCUT2D eigenvalue weighted by Gasteiger charge is 2.35. The second kappa shape index (κ2) is 8.13. The third-order valence-corrected chi connectivity index (χ3v) is 5.84. The van der Waals surface area contributed by atoms with E-state index >= 15 is 0 Å². The zero-order valence-electron chi connectivity index (χ0n) is 14.7. The Hall–Kier alpha value is -1.39. The van der Waals surface area contributed by atoms with Crippen molar-refractivity contribution in [3.63, 3.8) is 0 Å². The van der Waals surface area contributed by atoms with Crippen molar-refractivity contribution in [2.45, 2.75) is 69.5 Å². The minimum Gasteiger partial charge on any atom is -0.480 e. The maximum Gasteiger partial charge on any atom is 0.317 e. The van der Waals surface area contributed by atoms with Crippen LogP contribution >= 0.6 is 0 Å². The van der Waals surface area contributed by atoms with Gasteiger partial charge in [-0.05, 0) is 56.6 Å². The number of carboxylic acids is 1. The van der Waals surface area contributed by atoms with Gasteiger partial charge in [-0.3, -0.25) is 9.69 Å². The van der Waals surface area contributed by atoms with E-state index in [-0.39, 0.29) is 6.54 Å². The fraction of sp³-hybridized carbons (Fsp3) is 0.650. The molecule has 0 unspecified atom stereocenters. The van der Waals surface area contributed by atoms with Gasteiger partial charge in [0.2, 0.25) is 0 Å². The van der Waals surface area contributed by atoms with E-state index in [1.807, 2.05) is 0 Å². The summed E-state index contributed by atoms with van der Waals surface area (Å²) in [6.07, 6.45) is 7.26. The number of carbonyl (C=O) groups is 1. The van der Waals surface area contributed by atoms with E-state index in [2.05, 4.69) is 47.5 Å². The first-order valence-corrected chi connectivity index (χ1v) is 9.42. The molecule has 2 fully saturated rings. The molecule has 0 atom stereocenters. The molecule has 0 radical (unpaired) electrons. The molecule has 132 valence electrons. The molecule has 0 saturated heterocycles. The Kier molecular flexibility index (Phi) is 5.90. The highest BCUT2D eigenvalue weighted by Crippen LogP contribution is 2.34. The van der Waals surface area contributed by atoms with Crippen molar-refractivity contribution in [3.8, 4) is 0 Å². The smallest absolute Gasteiger partial charge is 0.317 e. The average molecular weight is 330 g/mol. The van der Waals surface area contributed by atoms with Crippen LogP contribution in [0.5, 0.6) is 0 Å². The van der Waals surface area contributed by atoms with Crippen LogP contribution in [-0.4, -0.2) is 47.2 Å². The predicted molar refractivity (Wildman–Crippen MR) is 96.3 cm³/mol. The van der Waals surface area contributed by atoms with Crippen molar-refractivity contribution < 1.29 is 9.90 Å². The molecule has 0 spiro atoms. The Balaban J connectivity index is 1.38. The predicted octanol–water partition coefficient (Wildman–Crippen LogP) is 3.24. The van der Waals surface area contributed by atoms with Crippen LogP contribution in [0.3, 0.4) is 0 Å². The second-order valence-corrected chi connectivity index (χ2v) is 7.40. The summed E-state index contributed by atoms with van der Waals surface area (Å²) in [5.41, 5.74) is 1.49. The SMILES string of the molecule is CCN(CC(=O)O)C1CC(NC2CCC(c3ccccc3)CC2)C1. The van der Waals surface area contributed by atoms with Crippen molar-refractivity contribution in [2.75, 3.05) is 13.1 Å². The van der Waals surface area contributed by atoms with Gasteiger partial charge in [-0.1, -0.05) is 37.3 Å². The summed E-state index contributed by atoms with van der Waals surface area (Å²) in [4.78, 5) is 13.0. The van der Waals surface area contributed by atoms with E-state index in [9.17, 15) is 4.79 Å². The fourth-order valence-corrected chi connectivity index (χ4v) is 4.35. The molecule has 0 bridgehead atoms. The largest absolute Gasteiger partial charge is 0.480 e. The third-order valence-electron chi connectivity index (χ3n) is 5.84. The van der Waals surface area contributed by atoms with E-state index in [4.69, 9.17) is 5.11 Å². The molecule has 0 amide bonds. The molecule has 0 aliphatic heterocycles. The number of aliphatic carboxylic acids is 1. The van der Waals surface area contributed by atoms with Gasteiger partial charge in [-0.15, -0.1) is 0 Å². The quantitative estimate of drug-likeness (QED) is 0.806. The molecule has 1 aromatic rings. The van der Waals surface area contributed by atoms with Gasteiger partial charge in [0.05, 0.1) is 6.54 Å². The Morgan fingerprint density at radius 2 is 1.79 bits per heavy atom. The van der Waals surface area contributed by atoms with Gasteiger partial charge in [0.1, 0.15) is 0 Å². The lowest BCUT2D eigenvalue weighted by atomic mass is 9.79. The molecule has 0 heterocycles. The molecule has 2 aliphatic carbocycles. The molecule has 4 nitrogen and oxygen atoms in total. The van der Waals surface area contributed by atoms with Crippen LogP contribution in [0.25, 0.3) is 0 Å². The van der Waals surface area contributed by atoms with Gasteiger partial charge < -0.3 is 10.4 Å². The van der Waals surface area contributed by atoms with E-state index in [0.29, 0.717) is 18.1 Å². The number of carboxylic acid groups (broad SMARTS) is 1. The van der Waals surface area contributed by atoms with Crippen LogP contribution in [0.2, 0.25) is 0 Å². The summed E-state index contributed by atoms with van der Waals surface area (Å²) in [7, 11) is 0. The van der Waals surface area contributed by atoms with Crippen LogP contribution in [-0.2, 0) is 4.79 Å². The van der Waals surface area contributed by atoms with Gasteiger partial charge in [0.25, 0.3) is 0 Å². The fourth-order valence-electron chi connectivity index (χ4n) is 4.35. The van der Waals surface area contributed by atoms with Crippen molar-refractivity contribution in [2.24, 2.45) is 0 Å². The summed E-state index contributed by atoms with van der Waals surface area (Å²) in [6.45, 7) is 3.05. The standard InChI is InChI=1S/C20H30N2O2/c1-2-22(14-20(23)24)19-12-18(13-19)21-17-10-8-16(9-11-17)15-6-4-3-5-7-15/h3-7,16-19,21H,2,8-14H2,1H3,(H,23,24). The van der Waals surface area contributed by atoms with Gasteiger partial charge in [-0.25, -0.2) is 0 Å². The lowest BCUT2D eigenvalue weighted by Gasteiger charge is -2.44. The molecular formula is C20H30N2O2. The summed E-state index contributed by atoms with van der Waals surface area (Å²) in [5, 5.41) is 12.8. The van der Waals surface area contributed by atoms with E-state index in [1.165, 1.54) is 31.2 Å². The molecule has 2 saturated carbocycles. The maximum atomic E-state index is 10.9. The number of hydrogen-bond acceptors (Lipinski definition) is 3. The molecule has 4 heteroatoms. The molecule has 0 aromatic heterocycles. The minimum atomic E-state index is -0.715. The zero-order valence-corrected chi connectivity index (χ0v) is 14.7. The number of likely N-dealkylation sites (N-methyl/N-ethyl adjacent to an activating group) is 1. The Labute approximate surface area is 145 Å². The molecule has 3 rings (SSSR count). The number of nitrogens with zero attached hydrogens (tertiary/aromatic N) is 1. The molecule has 1 aromatic carbocycles. The first kappa shape index (κ1) is 17.4. The number of nitrogens with one attached hydrogen (secondary N) is 1. The summed E-state index contributed by atoms with van der Waals surface area (Å²) in [6, 6.07) is 12.6. The Morgan fingerprint density at radius 3 is 2.38 bits per heavy atom. The second-order valence-electron chi connectivity index (χ2n) is 7.40. The van der Waals surface area contributed by atoms with Gasteiger partial charge in [0, 0.05) is 18.1 Å². The lowest BCUT2D eigenvalue weighted by Crippen LogP contribution is -2.55. The van der Waals surface area contributed by atoms with E-state index in [1.54, 1.807) is 0 Å². The first-order chi connectivity index (χ1) is 11.7.